The summed E-state index contributed by atoms with van der Waals surface area (Å²) in [5.74, 6) is -2.84. The van der Waals surface area contributed by atoms with Gasteiger partial charge in [0.25, 0.3) is 0 Å². The monoisotopic (exact) mass is 1580 g/mol. The Morgan fingerprint density at radius 1 is 0.510 bits per heavy atom. The van der Waals surface area contributed by atoms with E-state index < -0.39 is 112 Å². The lowest BCUT2D eigenvalue weighted by atomic mass is 9.80. The van der Waals surface area contributed by atoms with Gasteiger partial charge in [0, 0.05) is 23.2 Å². The van der Waals surface area contributed by atoms with Crippen molar-refractivity contribution in [1.82, 2.24) is 29.9 Å². The summed E-state index contributed by atoms with van der Waals surface area (Å²) in [5.41, 5.74) is 19.3. The number of halogens is 10. The highest BCUT2D eigenvalue weighted by atomic mass is 79.9. The Morgan fingerprint density at radius 3 is 1.21 bits per heavy atom. The van der Waals surface area contributed by atoms with E-state index in [0.717, 1.165) is 48.5 Å². The Kier molecular flexibility index (Phi) is 31.4. The number of rotatable bonds is 22. The first-order chi connectivity index (χ1) is 47.4. The summed E-state index contributed by atoms with van der Waals surface area (Å²) in [4.78, 5) is 57.7. The van der Waals surface area contributed by atoms with Crippen molar-refractivity contribution in [2.24, 2.45) is 0 Å². The van der Waals surface area contributed by atoms with E-state index in [4.69, 9.17) is 56.2 Å². The van der Waals surface area contributed by atoms with Crippen LogP contribution >= 0.6 is 31.1 Å². The summed E-state index contributed by atoms with van der Waals surface area (Å²) in [6.07, 6.45) is -9.67. The molecule has 8 rings (SSSR count). The van der Waals surface area contributed by atoms with Gasteiger partial charge in [0.05, 0.1) is 90.0 Å². The van der Waals surface area contributed by atoms with Crippen LogP contribution in [-0.2, 0) is 76.6 Å². The van der Waals surface area contributed by atoms with Crippen molar-refractivity contribution in [1.29, 1.82) is 0 Å². The molecular weight excluding hydrogens is 1520 g/mol. The maximum Gasteiger partial charge on any atom is 0.488 e. The number of esters is 1. The molecule has 0 atom stereocenters. The van der Waals surface area contributed by atoms with E-state index in [2.05, 4.69) is 50.6 Å². The molecule has 42 heteroatoms. The summed E-state index contributed by atoms with van der Waals surface area (Å²) in [6.45, 7) is 6.66. The fourth-order valence-electron chi connectivity index (χ4n) is 7.90. The number of aromatic carboxylic acids is 1. The molecule has 0 aliphatic heterocycles. The van der Waals surface area contributed by atoms with E-state index in [1.807, 2.05) is 0 Å². The molecule has 3 heterocycles. The van der Waals surface area contributed by atoms with E-state index in [1.165, 1.54) is 98.5 Å². The Balaban J connectivity index is 0.000000292. The highest BCUT2D eigenvalue weighted by Gasteiger charge is 2.36. The number of nitrogens with two attached hydrogens (primary N) is 4. The number of methoxy groups -OCH3 is 1. The SMILES string of the molecule is CCOP(=O)(CS(=O)(=O)c1ccc(CC(=O)c2nc(-c3ccc(C(F)(F)F)cc3)cnc2N)cc1)OCC.CCOP(=O)(CS(=O)(=O)c1ccc(N)cc1)OCC.COC(=O)c1nc(Br)cnc1N.Nc1ncc(-c2ccc(C(F)(F)F)cc2)nc1C(=O)O.OB(O)c1ccc(C(F)(F)F)cc1. The van der Waals surface area contributed by atoms with Gasteiger partial charge in [0.2, 0.25) is 0 Å². The molecule has 0 unspecified atom stereocenters. The van der Waals surface area contributed by atoms with Crippen molar-refractivity contribution in [2.45, 2.75) is 62.4 Å². The van der Waals surface area contributed by atoms with Crippen LogP contribution in [0, 0.1) is 0 Å². The third kappa shape index (κ3) is 26.2. The van der Waals surface area contributed by atoms with Gasteiger partial charge >= 0.3 is 52.8 Å². The maximum atomic E-state index is 12.9. The predicted octanol–water partition coefficient (Wildman–Crippen LogP) is 10.9. The van der Waals surface area contributed by atoms with E-state index in [-0.39, 0.29) is 88.3 Å². The van der Waals surface area contributed by atoms with E-state index >= 15 is 0 Å². The molecule has 550 valence electrons. The third-order valence-corrected chi connectivity index (χ3v) is 22.8. The first-order valence-electron chi connectivity index (χ1n) is 28.9. The number of carbonyl (C=O) groups is 3. The first kappa shape index (κ1) is 85.6. The topological polar surface area (TPSA) is 442 Å². The largest absolute Gasteiger partial charge is 0.488 e. The van der Waals surface area contributed by atoms with Crippen LogP contribution in [0.5, 0.6) is 0 Å². The molecule has 0 fully saturated rings. The summed E-state index contributed by atoms with van der Waals surface area (Å²) in [6, 6.07) is 23.1. The van der Waals surface area contributed by atoms with Crippen LogP contribution in [0.2, 0.25) is 0 Å². The number of hydrogen-bond donors (Lipinski definition) is 7. The van der Waals surface area contributed by atoms with Gasteiger partial charge in [-0.05, 0) is 115 Å². The van der Waals surface area contributed by atoms with Gasteiger partial charge < -0.3 is 60.9 Å². The van der Waals surface area contributed by atoms with Gasteiger partial charge in [-0.25, -0.2) is 56.3 Å². The molecule has 0 aliphatic rings. The lowest BCUT2D eigenvalue weighted by Gasteiger charge is -2.17. The number of nitrogen functional groups attached to an aromatic ring is 4. The lowest BCUT2D eigenvalue weighted by molar-refractivity contribution is -0.138. The van der Waals surface area contributed by atoms with Crippen LogP contribution in [-0.4, -0.2) is 131 Å². The second kappa shape index (κ2) is 37.4. The number of carboxylic acids is 1. The number of ketones is 1. The van der Waals surface area contributed by atoms with Crippen molar-refractivity contribution < 1.29 is 118 Å². The number of benzene rings is 5. The Morgan fingerprint density at radius 2 is 0.853 bits per heavy atom. The zero-order valence-electron chi connectivity index (χ0n) is 53.8. The second-order valence-electron chi connectivity index (χ2n) is 20.0. The Labute approximate surface area is 585 Å². The van der Waals surface area contributed by atoms with Crippen LogP contribution in [0.1, 0.15) is 81.4 Å². The molecule has 5 aromatic carbocycles. The minimum Gasteiger partial charge on any atom is -0.476 e. The molecule has 0 bridgehead atoms. The third-order valence-electron chi connectivity index (χ3n) is 12.6. The lowest BCUT2D eigenvalue weighted by Crippen LogP contribution is -2.29. The predicted molar refractivity (Wildman–Crippen MR) is 359 cm³/mol. The van der Waals surface area contributed by atoms with Gasteiger partial charge in [-0.15, -0.1) is 0 Å². The van der Waals surface area contributed by atoms with Crippen LogP contribution < -0.4 is 28.4 Å². The molecule has 0 amide bonds. The number of carbonyl (C=O) groups excluding carboxylic acids is 2. The van der Waals surface area contributed by atoms with E-state index in [9.17, 15) is 79.9 Å². The fraction of sp³-hybridized carbons (Fsp3) is 0.250. The highest BCUT2D eigenvalue weighted by molar-refractivity contribution is 9.10. The molecular formula is C60H63BBrF9N10O17P2S2. The standard InChI is InChI=1S/C24H25F3N3O6PS.C12H8F3N3O2.C11H18NO5PS.C7H6BF3O2.C6H6BrN3O2/c1-3-35-37(32,36-4-2)15-38(33,34)19-11-5-16(6-12-19)13-21(31)22-23(28)29-14-20(30-22)17-7-9-18(10-8-17)24(25,26)27;13-12(14,15)7-3-1-6(2-4-7)8-5-17-10(16)9(18-8)11(19)20;1-3-16-18(13,17-4-2)9-19(14,15)11-7-5-10(12)6-8-11;9-7(10,11)5-1-3-6(4-2-5)8(12)13;1-12-6(11)4-5(8)9-2-3(7)10-4/h5-12,14H,3-4,13,15H2,1-2H3,(H2,28,29);1-5H,(H2,16,17)(H,19,20);5-8H,3-4,9,12H2,1-2H3;1-4,12-13H;2H,1H3,(H2,8,9). The number of alkyl halides is 9. The zero-order valence-corrected chi connectivity index (χ0v) is 58.9. The van der Waals surface area contributed by atoms with Crippen LogP contribution in [0.3, 0.4) is 0 Å². The molecule has 102 heavy (non-hydrogen) atoms. The number of Topliss-reactive ketones (excluding diaryl/α,β-unsaturated/α-hetero) is 1. The molecule has 8 aromatic rings. The van der Waals surface area contributed by atoms with Crippen molar-refractivity contribution in [2.75, 3.05) is 67.5 Å². The molecule has 0 aliphatic carbocycles. The van der Waals surface area contributed by atoms with E-state index in [0.29, 0.717) is 27.0 Å². The number of nitrogens with zero attached hydrogens (tertiary/aromatic N) is 6. The number of sulfone groups is 2. The highest BCUT2D eigenvalue weighted by Crippen LogP contribution is 2.51. The molecule has 0 saturated heterocycles. The van der Waals surface area contributed by atoms with Crippen LogP contribution in [0.4, 0.5) is 62.7 Å². The fourth-order valence-corrected chi connectivity index (χ4v) is 16.7. The molecule has 3 aromatic heterocycles. The zero-order chi connectivity index (χ0) is 76.8. The van der Waals surface area contributed by atoms with Crippen LogP contribution in [0.15, 0.2) is 154 Å². The molecule has 0 spiro atoms. The van der Waals surface area contributed by atoms with Gasteiger partial charge in [0.1, 0.15) is 10.3 Å². The molecule has 11 N–H and O–H groups in total. The van der Waals surface area contributed by atoms with Gasteiger partial charge in [0.15, 0.2) is 65.3 Å². The number of carboxylic acid groups (broad SMARTS) is 1. The number of aromatic nitrogens is 6. The molecule has 0 radical (unpaired) electrons. The second-order valence-corrected chi connectivity index (χ2v) is 29.8. The first-order valence-corrected chi connectivity index (χ1v) is 36.4. The van der Waals surface area contributed by atoms with E-state index in [1.54, 1.807) is 27.7 Å². The smallest absolute Gasteiger partial charge is 0.476 e. The van der Waals surface area contributed by atoms with Crippen molar-refractivity contribution in [3.05, 3.63) is 184 Å². The number of anilines is 4. The minimum absolute atomic E-state index is 0.0138. The number of ether oxygens (including phenoxy) is 1. The van der Waals surface area contributed by atoms with Crippen LogP contribution in [0.25, 0.3) is 22.5 Å². The maximum absolute atomic E-state index is 12.9. The average Bonchev–Trinajstić information content (AvgIpc) is 0.821. The van der Waals surface area contributed by atoms with Crippen molar-refractivity contribution in [3.63, 3.8) is 0 Å². The minimum atomic E-state index is -4.49. The normalized spacial score (nSPS) is 11.8. The molecule has 27 nitrogen and oxygen atoms in total. The van der Waals surface area contributed by atoms with Crippen molar-refractivity contribution >= 4 is 104 Å². The summed E-state index contributed by atoms with van der Waals surface area (Å²) >= 11 is 3.06. The summed E-state index contributed by atoms with van der Waals surface area (Å²) < 4.78 is 211. The Bertz CT molecular complexity index is 4470. The number of hydrogen-bond acceptors (Lipinski definition) is 26. The van der Waals surface area contributed by atoms with Gasteiger partial charge in [-0.1, -0.05) is 60.7 Å². The van der Waals surface area contributed by atoms with Gasteiger partial charge in [-0.3, -0.25) is 13.9 Å². The summed E-state index contributed by atoms with van der Waals surface area (Å²) in [7, 11) is -15.7. The summed E-state index contributed by atoms with van der Waals surface area (Å²) in [5, 5.41) is 26.0. The average molecular weight is 1580 g/mol. The van der Waals surface area contributed by atoms with Gasteiger partial charge in [-0.2, -0.15) is 39.5 Å². The Hall–Kier alpha value is -8.82. The quantitative estimate of drug-likeness (QED) is 0.00827. The van der Waals surface area contributed by atoms with Crippen molar-refractivity contribution in [3.8, 4) is 22.5 Å². The molecule has 0 saturated carbocycles.